The Hall–Kier alpha value is -1.63. The molecule has 0 aromatic rings. The first-order chi connectivity index (χ1) is 12.8. The Labute approximate surface area is 167 Å². The topological polar surface area (TPSA) is 90.0 Å². The average Bonchev–Trinajstić information content (AvgIpc) is 3.15. The van der Waals surface area contributed by atoms with Crippen LogP contribution in [0.5, 0.6) is 0 Å². The van der Waals surface area contributed by atoms with Crippen LogP contribution >= 0.6 is 0 Å². The quantitative estimate of drug-likeness (QED) is 0.720. The normalized spacial score (nSPS) is 31.6. The Morgan fingerprint density at radius 1 is 1.14 bits per heavy atom. The Morgan fingerprint density at radius 3 is 2.29 bits per heavy atom. The molecule has 1 spiro atoms. The molecular weight excluding hydrogens is 358 g/mol. The molecule has 1 saturated carbocycles. The zero-order valence-electron chi connectivity index (χ0n) is 17.9. The van der Waals surface area contributed by atoms with Gasteiger partial charge < -0.3 is 15.3 Å². The molecule has 7 heteroatoms. The molecule has 2 aliphatic heterocycles. The van der Waals surface area contributed by atoms with Gasteiger partial charge in [-0.15, -0.1) is 0 Å². The van der Waals surface area contributed by atoms with Gasteiger partial charge in [0.15, 0.2) is 0 Å². The lowest BCUT2D eigenvalue weighted by atomic mass is 9.67. The zero-order valence-corrected chi connectivity index (χ0v) is 17.9. The van der Waals surface area contributed by atoms with Gasteiger partial charge in [-0.05, 0) is 63.7 Å². The molecule has 0 aromatic carbocycles. The maximum absolute atomic E-state index is 13.1. The van der Waals surface area contributed by atoms with Gasteiger partial charge in [-0.1, -0.05) is 20.8 Å². The predicted molar refractivity (Wildman–Crippen MR) is 105 cm³/mol. The van der Waals surface area contributed by atoms with E-state index in [1.54, 1.807) is 18.7 Å². The monoisotopic (exact) mass is 393 g/mol. The number of carbonyl (C=O) groups is 3. The van der Waals surface area contributed by atoms with Crippen molar-refractivity contribution in [2.45, 2.75) is 90.3 Å². The Kier molecular flexibility index (Phi) is 5.28. The number of urea groups is 1. The number of likely N-dealkylation sites (tertiary alicyclic amines) is 1. The summed E-state index contributed by atoms with van der Waals surface area (Å²) in [7, 11) is 0. The standard InChI is InChI=1S/C21H35N3O4/c1-19(2,3)14-8-10-21(11-9-14)17(26)24(18(27)22-21)13-16(25)23-12-6-7-15(23)20(4,5)28/h14-15,28H,6-13H2,1-5H3,(H,22,27). The van der Waals surface area contributed by atoms with Crippen LogP contribution in [0.15, 0.2) is 0 Å². The van der Waals surface area contributed by atoms with Crippen LogP contribution in [0.25, 0.3) is 0 Å². The van der Waals surface area contributed by atoms with Crippen molar-refractivity contribution < 1.29 is 19.5 Å². The number of amides is 4. The van der Waals surface area contributed by atoms with Gasteiger partial charge in [0, 0.05) is 6.54 Å². The molecule has 7 nitrogen and oxygen atoms in total. The zero-order chi connectivity index (χ0) is 20.9. The minimum absolute atomic E-state index is 0.185. The number of hydrogen-bond acceptors (Lipinski definition) is 4. The molecule has 0 bridgehead atoms. The summed E-state index contributed by atoms with van der Waals surface area (Å²) in [5, 5.41) is 13.2. The van der Waals surface area contributed by atoms with E-state index in [4.69, 9.17) is 0 Å². The average molecular weight is 394 g/mol. The van der Waals surface area contributed by atoms with Gasteiger partial charge in [0.05, 0.1) is 11.6 Å². The third-order valence-electron chi connectivity index (χ3n) is 6.99. The van der Waals surface area contributed by atoms with E-state index < -0.39 is 17.2 Å². The van der Waals surface area contributed by atoms with Crippen molar-refractivity contribution in [3.63, 3.8) is 0 Å². The smallest absolute Gasteiger partial charge is 0.325 e. The van der Waals surface area contributed by atoms with Crippen molar-refractivity contribution in [3.05, 3.63) is 0 Å². The van der Waals surface area contributed by atoms with Crippen LogP contribution < -0.4 is 5.32 Å². The lowest BCUT2D eigenvalue weighted by molar-refractivity contribution is -0.142. The van der Waals surface area contributed by atoms with Gasteiger partial charge in [-0.25, -0.2) is 4.79 Å². The van der Waals surface area contributed by atoms with E-state index in [-0.39, 0.29) is 29.8 Å². The Bertz CT molecular complexity index is 654. The summed E-state index contributed by atoms with van der Waals surface area (Å²) in [5.41, 5.74) is -1.67. The highest BCUT2D eigenvalue weighted by atomic mass is 16.3. The minimum Gasteiger partial charge on any atom is -0.388 e. The van der Waals surface area contributed by atoms with Gasteiger partial charge in [-0.3, -0.25) is 14.5 Å². The maximum Gasteiger partial charge on any atom is 0.325 e. The van der Waals surface area contributed by atoms with Crippen LogP contribution in [0.2, 0.25) is 0 Å². The molecule has 3 rings (SSSR count). The van der Waals surface area contributed by atoms with Crippen LogP contribution in [-0.2, 0) is 9.59 Å². The second kappa shape index (κ2) is 7.01. The van der Waals surface area contributed by atoms with Crippen LogP contribution in [0.3, 0.4) is 0 Å². The van der Waals surface area contributed by atoms with Crippen molar-refractivity contribution in [2.24, 2.45) is 11.3 Å². The van der Waals surface area contributed by atoms with Gasteiger partial charge >= 0.3 is 6.03 Å². The fourth-order valence-electron chi connectivity index (χ4n) is 5.16. The van der Waals surface area contributed by atoms with E-state index in [0.717, 1.165) is 30.6 Å². The lowest BCUT2D eigenvalue weighted by Gasteiger charge is -2.40. The second-order valence-electron chi connectivity index (χ2n) is 10.4. The van der Waals surface area contributed by atoms with E-state index in [0.29, 0.717) is 25.3 Å². The summed E-state index contributed by atoms with van der Waals surface area (Å²) in [6.45, 7) is 10.3. The molecule has 1 atom stereocenters. The summed E-state index contributed by atoms with van der Waals surface area (Å²) in [6, 6.07) is -0.747. The predicted octanol–water partition coefficient (Wildman–Crippen LogP) is 2.28. The summed E-state index contributed by atoms with van der Waals surface area (Å²) in [6.07, 6.45) is 4.58. The fraction of sp³-hybridized carbons (Fsp3) is 0.857. The summed E-state index contributed by atoms with van der Waals surface area (Å²) in [5.74, 6) is -0.0126. The van der Waals surface area contributed by atoms with Crippen LogP contribution in [0.1, 0.15) is 73.1 Å². The van der Waals surface area contributed by atoms with Gasteiger partial charge in [0.25, 0.3) is 5.91 Å². The minimum atomic E-state index is -1.00. The van der Waals surface area contributed by atoms with Crippen molar-refractivity contribution in [1.82, 2.24) is 15.1 Å². The number of imide groups is 1. The van der Waals surface area contributed by atoms with Crippen LogP contribution in [0, 0.1) is 11.3 Å². The summed E-state index contributed by atoms with van der Waals surface area (Å²) < 4.78 is 0. The Balaban J connectivity index is 1.67. The SMILES string of the molecule is CC(C)(C)C1CCC2(CC1)NC(=O)N(CC(=O)N1CCCC1C(C)(C)O)C2=O. The third kappa shape index (κ3) is 3.78. The lowest BCUT2D eigenvalue weighted by Crippen LogP contribution is -2.53. The molecule has 28 heavy (non-hydrogen) atoms. The number of carbonyl (C=O) groups excluding carboxylic acids is 3. The molecule has 1 aliphatic carbocycles. The molecule has 3 fully saturated rings. The van der Waals surface area contributed by atoms with Gasteiger partial charge in [-0.2, -0.15) is 0 Å². The molecule has 0 aromatic heterocycles. The Morgan fingerprint density at radius 2 is 1.75 bits per heavy atom. The van der Waals surface area contributed by atoms with E-state index in [9.17, 15) is 19.5 Å². The molecule has 3 aliphatic rings. The third-order valence-corrected chi connectivity index (χ3v) is 6.99. The summed E-state index contributed by atoms with van der Waals surface area (Å²) >= 11 is 0. The van der Waals surface area contributed by atoms with E-state index in [2.05, 4.69) is 26.1 Å². The van der Waals surface area contributed by atoms with Crippen LogP contribution in [-0.4, -0.2) is 63.0 Å². The van der Waals surface area contributed by atoms with Crippen molar-refractivity contribution >= 4 is 17.8 Å². The molecule has 2 heterocycles. The van der Waals surface area contributed by atoms with Crippen molar-refractivity contribution in [2.75, 3.05) is 13.1 Å². The first-order valence-electron chi connectivity index (χ1n) is 10.5. The first kappa shape index (κ1) is 21.1. The highest BCUT2D eigenvalue weighted by Crippen LogP contribution is 2.43. The second-order valence-corrected chi connectivity index (χ2v) is 10.4. The number of aliphatic hydroxyl groups is 1. The van der Waals surface area contributed by atoms with E-state index in [1.807, 2.05) is 0 Å². The first-order valence-corrected chi connectivity index (χ1v) is 10.5. The number of nitrogens with zero attached hydrogens (tertiary/aromatic N) is 2. The molecular formula is C21H35N3O4. The van der Waals surface area contributed by atoms with Crippen molar-refractivity contribution in [3.8, 4) is 0 Å². The highest BCUT2D eigenvalue weighted by Gasteiger charge is 2.54. The van der Waals surface area contributed by atoms with Gasteiger partial charge in [0.2, 0.25) is 5.91 Å². The molecule has 158 valence electrons. The summed E-state index contributed by atoms with van der Waals surface area (Å²) in [4.78, 5) is 41.2. The number of hydrogen-bond donors (Lipinski definition) is 2. The van der Waals surface area contributed by atoms with Crippen LogP contribution in [0.4, 0.5) is 4.79 Å². The largest absolute Gasteiger partial charge is 0.388 e. The maximum atomic E-state index is 13.1. The highest BCUT2D eigenvalue weighted by molar-refractivity contribution is 6.09. The number of nitrogens with one attached hydrogen (secondary N) is 1. The molecule has 2 saturated heterocycles. The molecule has 2 N–H and O–H groups in total. The number of rotatable bonds is 3. The molecule has 1 unspecified atom stereocenters. The van der Waals surface area contributed by atoms with Crippen molar-refractivity contribution in [1.29, 1.82) is 0 Å². The van der Waals surface area contributed by atoms with E-state index in [1.165, 1.54) is 0 Å². The molecule has 0 radical (unpaired) electrons. The van der Waals surface area contributed by atoms with E-state index >= 15 is 0 Å². The van der Waals surface area contributed by atoms with Gasteiger partial charge in [0.1, 0.15) is 12.1 Å². The fourth-order valence-corrected chi connectivity index (χ4v) is 5.16. The molecule has 4 amide bonds.